The number of H-pyrrole nitrogens is 1. The number of hydrogen-bond acceptors (Lipinski definition) is 6. The highest BCUT2D eigenvalue weighted by Crippen LogP contribution is 2.30. The summed E-state index contributed by atoms with van der Waals surface area (Å²) in [4.78, 5) is 14.2. The summed E-state index contributed by atoms with van der Waals surface area (Å²) in [5.41, 5.74) is 6.41. The van der Waals surface area contributed by atoms with Crippen LogP contribution in [-0.4, -0.2) is 22.2 Å². The van der Waals surface area contributed by atoms with Crippen molar-refractivity contribution in [2.75, 3.05) is 5.73 Å². The van der Waals surface area contributed by atoms with Crippen molar-refractivity contribution in [2.45, 2.75) is 13.3 Å². The van der Waals surface area contributed by atoms with Gasteiger partial charge in [-0.25, -0.2) is 0 Å². The molecule has 114 valence electrons. The van der Waals surface area contributed by atoms with Gasteiger partial charge in [-0.1, -0.05) is 25.1 Å². The molecule has 2 aromatic rings. The number of nitrogen functional groups attached to an aromatic ring is 1. The molecule has 0 aliphatic heterocycles. The van der Waals surface area contributed by atoms with Crippen LogP contribution in [0.25, 0.3) is 11.1 Å². The molecule has 0 fully saturated rings. The molecule has 0 bridgehead atoms. The fourth-order valence-electron chi connectivity index (χ4n) is 2.42. The Morgan fingerprint density at radius 2 is 1.91 bits per heavy atom. The predicted octanol–water partition coefficient (Wildman–Crippen LogP) is -0.390. The van der Waals surface area contributed by atoms with Crippen LogP contribution >= 0.6 is 0 Å². The largest absolute Gasteiger partial charge is 0.488 e. The lowest BCUT2D eigenvalue weighted by molar-refractivity contribution is 0.425. The van der Waals surface area contributed by atoms with Crippen LogP contribution in [0.3, 0.4) is 0 Å². The Kier molecular flexibility index (Phi) is 4.51. The standard InChI is InChI=1S/C15H13BN4O3/c1-2-8-5-9(16(22)23)3-4-10(8)13-11(6-17)14(19)20-15(21)12(13)7-18/h3-5,22-23H,2H2,1H3,(H3,19,20,21). The van der Waals surface area contributed by atoms with E-state index in [1.807, 2.05) is 13.0 Å². The molecule has 0 saturated heterocycles. The lowest BCUT2D eigenvalue weighted by Gasteiger charge is -2.14. The molecule has 7 nitrogen and oxygen atoms in total. The summed E-state index contributed by atoms with van der Waals surface area (Å²) in [6.07, 6.45) is 0.498. The molecule has 0 spiro atoms. The van der Waals surface area contributed by atoms with E-state index in [-0.39, 0.29) is 28.0 Å². The average Bonchev–Trinajstić information content (AvgIpc) is 2.53. The molecule has 0 aliphatic carbocycles. The average molecular weight is 308 g/mol. The van der Waals surface area contributed by atoms with Gasteiger partial charge >= 0.3 is 7.12 Å². The summed E-state index contributed by atoms with van der Waals surface area (Å²) in [7, 11) is -1.63. The maximum atomic E-state index is 12.0. The van der Waals surface area contributed by atoms with Crippen LogP contribution in [0, 0.1) is 22.7 Å². The molecular weight excluding hydrogens is 295 g/mol. The number of nitrogens with one attached hydrogen (secondary N) is 1. The summed E-state index contributed by atoms with van der Waals surface area (Å²) >= 11 is 0. The van der Waals surface area contributed by atoms with Gasteiger partial charge in [-0.2, -0.15) is 10.5 Å². The molecule has 1 aromatic carbocycles. The van der Waals surface area contributed by atoms with E-state index in [4.69, 9.17) is 5.73 Å². The molecule has 0 saturated carbocycles. The minimum absolute atomic E-state index is 0.00754. The monoisotopic (exact) mass is 308 g/mol. The van der Waals surface area contributed by atoms with E-state index in [0.29, 0.717) is 17.5 Å². The third kappa shape index (κ3) is 2.81. The van der Waals surface area contributed by atoms with Crippen molar-refractivity contribution in [1.82, 2.24) is 4.98 Å². The number of nitrogens with two attached hydrogens (primary N) is 1. The zero-order chi connectivity index (χ0) is 17.1. The van der Waals surface area contributed by atoms with Crippen LogP contribution in [0.4, 0.5) is 5.82 Å². The Hall–Kier alpha value is -3.07. The third-order valence-electron chi connectivity index (χ3n) is 3.55. The van der Waals surface area contributed by atoms with E-state index in [2.05, 4.69) is 4.98 Å². The van der Waals surface area contributed by atoms with Gasteiger partial charge in [0.05, 0.1) is 0 Å². The van der Waals surface area contributed by atoms with Crippen molar-refractivity contribution in [1.29, 1.82) is 10.5 Å². The van der Waals surface area contributed by atoms with Crippen LogP contribution in [-0.2, 0) is 6.42 Å². The molecule has 2 rings (SSSR count). The molecule has 0 amide bonds. The lowest BCUT2D eigenvalue weighted by Crippen LogP contribution is -2.30. The summed E-state index contributed by atoms with van der Waals surface area (Å²) in [5, 5.41) is 37.2. The molecule has 23 heavy (non-hydrogen) atoms. The van der Waals surface area contributed by atoms with Crippen LogP contribution < -0.4 is 16.8 Å². The van der Waals surface area contributed by atoms with E-state index in [0.717, 1.165) is 0 Å². The first kappa shape index (κ1) is 16.3. The van der Waals surface area contributed by atoms with Gasteiger partial charge in [0.1, 0.15) is 29.1 Å². The fourth-order valence-corrected chi connectivity index (χ4v) is 2.42. The number of benzene rings is 1. The maximum absolute atomic E-state index is 12.0. The van der Waals surface area contributed by atoms with Gasteiger partial charge in [0.15, 0.2) is 0 Å². The predicted molar refractivity (Wildman–Crippen MR) is 85.5 cm³/mol. The van der Waals surface area contributed by atoms with Gasteiger partial charge in [-0.3, -0.25) is 4.79 Å². The first-order valence-electron chi connectivity index (χ1n) is 6.79. The number of aromatic nitrogens is 1. The number of aromatic amines is 1. The second-order valence-electron chi connectivity index (χ2n) is 4.86. The lowest BCUT2D eigenvalue weighted by atomic mass is 9.77. The van der Waals surface area contributed by atoms with Gasteiger partial charge < -0.3 is 20.8 Å². The van der Waals surface area contributed by atoms with Crippen LogP contribution in [0.15, 0.2) is 23.0 Å². The number of anilines is 1. The van der Waals surface area contributed by atoms with Gasteiger partial charge in [-0.05, 0) is 23.0 Å². The number of hydrogen-bond donors (Lipinski definition) is 4. The van der Waals surface area contributed by atoms with Gasteiger partial charge in [0.25, 0.3) is 5.56 Å². The molecule has 0 aliphatic rings. The van der Waals surface area contributed by atoms with E-state index in [1.165, 1.54) is 6.07 Å². The van der Waals surface area contributed by atoms with Crippen molar-refractivity contribution < 1.29 is 10.0 Å². The highest BCUT2D eigenvalue weighted by Gasteiger charge is 2.21. The number of rotatable bonds is 3. The second kappa shape index (κ2) is 6.36. The van der Waals surface area contributed by atoms with E-state index in [1.54, 1.807) is 18.2 Å². The molecule has 0 unspecified atom stereocenters. The van der Waals surface area contributed by atoms with E-state index in [9.17, 15) is 25.4 Å². The minimum atomic E-state index is -1.63. The number of nitriles is 2. The van der Waals surface area contributed by atoms with Crippen LogP contribution in [0.1, 0.15) is 23.6 Å². The highest BCUT2D eigenvalue weighted by molar-refractivity contribution is 6.58. The normalized spacial score (nSPS) is 9.96. The quantitative estimate of drug-likeness (QED) is 0.568. The van der Waals surface area contributed by atoms with Gasteiger partial charge in [0.2, 0.25) is 0 Å². The molecule has 0 radical (unpaired) electrons. The summed E-state index contributed by atoms with van der Waals surface area (Å²) in [6, 6.07) is 8.27. The number of aryl methyl sites for hydroxylation is 1. The smallest absolute Gasteiger partial charge is 0.423 e. The maximum Gasteiger partial charge on any atom is 0.488 e. The van der Waals surface area contributed by atoms with Crippen LogP contribution in [0.5, 0.6) is 0 Å². The SMILES string of the molecule is CCc1cc(B(O)O)ccc1-c1c(C#N)c(N)[nH]c(=O)c1C#N. The van der Waals surface area contributed by atoms with Gasteiger partial charge in [0, 0.05) is 5.56 Å². The summed E-state index contributed by atoms with van der Waals surface area (Å²) in [6.45, 7) is 1.83. The molecular formula is C15H13BN4O3. The third-order valence-corrected chi connectivity index (χ3v) is 3.55. The van der Waals surface area contributed by atoms with E-state index < -0.39 is 12.7 Å². The summed E-state index contributed by atoms with van der Waals surface area (Å²) in [5.74, 6) is -0.111. The van der Waals surface area contributed by atoms with Gasteiger partial charge in [-0.15, -0.1) is 0 Å². The number of nitrogens with zero attached hydrogens (tertiary/aromatic N) is 2. The Bertz CT molecular complexity index is 907. The number of pyridine rings is 1. The minimum Gasteiger partial charge on any atom is -0.423 e. The first-order chi connectivity index (χ1) is 10.9. The van der Waals surface area contributed by atoms with Crippen molar-refractivity contribution in [3.63, 3.8) is 0 Å². The highest BCUT2D eigenvalue weighted by atomic mass is 16.4. The van der Waals surface area contributed by atoms with Crippen LogP contribution in [0.2, 0.25) is 0 Å². The fraction of sp³-hybridized carbons (Fsp3) is 0.133. The zero-order valence-electron chi connectivity index (χ0n) is 12.3. The summed E-state index contributed by atoms with van der Waals surface area (Å²) < 4.78 is 0. The molecule has 5 N–H and O–H groups in total. The van der Waals surface area contributed by atoms with Crippen molar-refractivity contribution in [2.24, 2.45) is 0 Å². The Morgan fingerprint density at radius 3 is 2.43 bits per heavy atom. The Balaban J connectivity index is 2.90. The topological polar surface area (TPSA) is 147 Å². The molecule has 1 heterocycles. The van der Waals surface area contributed by atoms with Crippen molar-refractivity contribution >= 4 is 18.4 Å². The molecule has 8 heteroatoms. The molecule has 0 atom stereocenters. The van der Waals surface area contributed by atoms with Crippen molar-refractivity contribution in [3.8, 4) is 23.3 Å². The van der Waals surface area contributed by atoms with E-state index >= 15 is 0 Å². The Morgan fingerprint density at radius 1 is 1.26 bits per heavy atom. The first-order valence-corrected chi connectivity index (χ1v) is 6.79. The molecule has 1 aromatic heterocycles. The second-order valence-corrected chi connectivity index (χ2v) is 4.86. The van der Waals surface area contributed by atoms with Crippen molar-refractivity contribution in [3.05, 3.63) is 45.2 Å². The Labute approximate surface area is 132 Å². The zero-order valence-corrected chi connectivity index (χ0v) is 12.3.